The molecule has 0 unspecified atom stereocenters. The topological polar surface area (TPSA) is 94.3 Å². The highest BCUT2D eigenvalue weighted by molar-refractivity contribution is 9.10. The number of anilines is 1. The van der Waals surface area contributed by atoms with E-state index in [1.807, 2.05) is 6.07 Å². The first-order chi connectivity index (χ1) is 20.2. The average Bonchev–Trinajstić information content (AvgIpc) is 3.27. The van der Waals surface area contributed by atoms with Crippen LogP contribution in [0.2, 0.25) is 10.0 Å². The van der Waals surface area contributed by atoms with Crippen LogP contribution in [0.15, 0.2) is 99.3 Å². The number of non-ortho nitro benzene ring substituents is 1. The van der Waals surface area contributed by atoms with Crippen molar-refractivity contribution in [2.45, 2.75) is 6.61 Å². The lowest BCUT2D eigenvalue weighted by molar-refractivity contribution is -0.384. The zero-order valence-corrected chi connectivity index (χ0v) is 25.7. The summed E-state index contributed by atoms with van der Waals surface area (Å²) in [6.07, 6.45) is 1.76. The molecule has 1 heterocycles. The number of rotatable bonds is 8. The molecule has 0 radical (unpaired) electrons. The number of ether oxygens (including phenoxy) is 2. The van der Waals surface area contributed by atoms with Crippen LogP contribution in [0.3, 0.4) is 0 Å². The number of thioether (sulfide) groups is 1. The van der Waals surface area contributed by atoms with Crippen molar-refractivity contribution in [3.05, 3.63) is 126 Å². The second-order valence-electron chi connectivity index (χ2n) is 8.84. The molecule has 1 saturated heterocycles. The molecule has 12 heteroatoms. The number of nitro groups is 1. The SMILES string of the molecule is COc1cc(/C=C2\SC(=Nc3ccc(Cl)cc3)N(c3ccc(Cl)cc3)C2=O)cc(Br)c1OCc1ccc([N+](=O)[O-])cc1. The summed E-state index contributed by atoms with van der Waals surface area (Å²) in [4.78, 5) is 30.8. The normalized spacial score (nSPS) is 15.0. The monoisotopic (exact) mass is 683 g/mol. The predicted molar refractivity (Wildman–Crippen MR) is 171 cm³/mol. The molecule has 42 heavy (non-hydrogen) atoms. The fourth-order valence-corrected chi connectivity index (χ4v) is 5.80. The van der Waals surface area contributed by atoms with E-state index in [9.17, 15) is 14.9 Å². The molecule has 1 fully saturated rings. The molecule has 0 saturated carbocycles. The van der Waals surface area contributed by atoms with Crippen molar-refractivity contribution in [2.24, 2.45) is 4.99 Å². The smallest absolute Gasteiger partial charge is 0.271 e. The van der Waals surface area contributed by atoms with Crippen molar-refractivity contribution in [1.82, 2.24) is 0 Å². The molecule has 0 aromatic heterocycles. The summed E-state index contributed by atoms with van der Waals surface area (Å²) in [6, 6.07) is 23.7. The molecule has 1 amide bonds. The molecule has 0 N–H and O–H groups in total. The lowest BCUT2D eigenvalue weighted by Crippen LogP contribution is -2.28. The highest BCUT2D eigenvalue weighted by Gasteiger charge is 2.35. The van der Waals surface area contributed by atoms with Crippen molar-refractivity contribution >= 4 is 85.1 Å². The van der Waals surface area contributed by atoms with Crippen LogP contribution < -0.4 is 14.4 Å². The van der Waals surface area contributed by atoms with E-state index in [1.165, 1.54) is 35.9 Å². The third-order valence-electron chi connectivity index (χ3n) is 6.02. The number of aliphatic imine (C=N–C) groups is 1. The molecular weight excluding hydrogens is 665 g/mol. The minimum Gasteiger partial charge on any atom is -0.493 e. The van der Waals surface area contributed by atoms with E-state index < -0.39 is 4.92 Å². The Balaban J connectivity index is 1.44. The third kappa shape index (κ3) is 6.79. The Kier molecular flexibility index (Phi) is 9.18. The van der Waals surface area contributed by atoms with Gasteiger partial charge in [0.15, 0.2) is 16.7 Å². The first kappa shape index (κ1) is 29.7. The minimum absolute atomic E-state index is 0.00484. The summed E-state index contributed by atoms with van der Waals surface area (Å²) in [6.45, 7) is 0.169. The maximum Gasteiger partial charge on any atom is 0.271 e. The number of carbonyl (C=O) groups is 1. The van der Waals surface area contributed by atoms with E-state index in [2.05, 4.69) is 15.9 Å². The number of hydrogen-bond donors (Lipinski definition) is 0. The number of benzene rings is 4. The van der Waals surface area contributed by atoms with Gasteiger partial charge in [-0.1, -0.05) is 23.2 Å². The molecule has 0 atom stereocenters. The number of nitrogens with zero attached hydrogens (tertiary/aromatic N) is 3. The largest absolute Gasteiger partial charge is 0.493 e. The third-order valence-corrected chi connectivity index (χ3v) is 8.08. The van der Waals surface area contributed by atoms with Crippen molar-refractivity contribution in [2.75, 3.05) is 12.0 Å². The van der Waals surface area contributed by atoms with Crippen LogP contribution in [0.25, 0.3) is 6.08 Å². The van der Waals surface area contributed by atoms with Gasteiger partial charge in [-0.3, -0.25) is 19.8 Å². The highest BCUT2D eigenvalue weighted by atomic mass is 79.9. The summed E-state index contributed by atoms with van der Waals surface area (Å²) in [5.41, 5.74) is 2.73. The van der Waals surface area contributed by atoms with Gasteiger partial charge < -0.3 is 9.47 Å². The van der Waals surface area contributed by atoms with Gasteiger partial charge in [0.2, 0.25) is 0 Å². The van der Waals surface area contributed by atoms with Crippen molar-refractivity contribution in [3.8, 4) is 11.5 Å². The van der Waals surface area contributed by atoms with Crippen LogP contribution in [0.1, 0.15) is 11.1 Å². The van der Waals surface area contributed by atoms with E-state index >= 15 is 0 Å². The lowest BCUT2D eigenvalue weighted by Gasteiger charge is -2.15. The lowest BCUT2D eigenvalue weighted by atomic mass is 10.1. The first-order valence-electron chi connectivity index (χ1n) is 12.3. The van der Waals surface area contributed by atoms with Gasteiger partial charge in [0.25, 0.3) is 11.6 Å². The highest BCUT2D eigenvalue weighted by Crippen LogP contribution is 2.41. The van der Waals surface area contributed by atoms with Crippen LogP contribution >= 0.6 is 50.9 Å². The Hall–Kier alpha value is -3.83. The maximum absolute atomic E-state index is 13.7. The van der Waals surface area contributed by atoms with Gasteiger partial charge in [0, 0.05) is 22.2 Å². The summed E-state index contributed by atoms with van der Waals surface area (Å²) >= 11 is 16.9. The van der Waals surface area contributed by atoms with E-state index in [0.717, 1.165) is 5.56 Å². The Morgan fingerprint density at radius 3 is 2.26 bits per heavy atom. The van der Waals surface area contributed by atoms with Crippen LogP contribution in [-0.4, -0.2) is 23.1 Å². The number of amides is 1. The molecule has 8 nitrogen and oxygen atoms in total. The van der Waals surface area contributed by atoms with Gasteiger partial charge in [0.05, 0.1) is 32.8 Å². The average molecular weight is 685 g/mol. The second kappa shape index (κ2) is 13.0. The van der Waals surface area contributed by atoms with Crippen LogP contribution in [0.5, 0.6) is 11.5 Å². The number of halogens is 3. The Morgan fingerprint density at radius 2 is 1.64 bits per heavy atom. The standard InChI is InChI=1S/C30H20BrCl2N3O5S/c1-40-26-15-19(14-25(31)28(26)41-17-18-2-10-24(11-3-18)36(38)39)16-27-29(37)35(23-12-6-21(33)7-13-23)30(42-27)34-22-8-4-20(32)5-9-22/h2-16H,17H2,1H3/b27-16-,34-30?. The van der Waals surface area contributed by atoms with Crippen molar-refractivity contribution < 1.29 is 19.2 Å². The van der Waals surface area contributed by atoms with Crippen molar-refractivity contribution in [1.29, 1.82) is 0 Å². The van der Waals surface area contributed by atoms with Crippen molar-refractivity contribution in [3.63, 3.8) is 0 Å². The number of amidine groups is 1. The fraction of sp³-hybridized carbons (Fsp3) is 0.0667. The summed E-state index contributed by atoms with van der Waals surface area (Å²) in [5.74, 6) is 0.651. The van der Waals surface area contributed by atoms with Gasteiger partial charge in [-0.2, -0.15) is 0 Å². The van der Waals surface area contributed by atoms with Crippen LogP contribution in [-0.2, 0) is 11.4 Å². The van der Waals surface area contributed by atoms with Gasteiger partial charge >= 0.3 is 0 Å². The molecular formula is C30H20BrCl2N3O5S. The Bertz CT molecular complexity index is 1710. The summed E-state index contributed by atoms with van der Waals surface area (Å²) in [7, 11) is 1.52. The molecule has 4 aromatic rings. The second-order valence-corrected chi connectivity index (χ2v) is 11.6. The van der Waals surface area contributed by atoms with Gasteiger partial charge in [-0.05, 0) is 118 Å². The molecule has 0 bridgehead atoms. The number of hydrogen-bond acceptors (Lipinski definition) is 7. The molecule has 1 aliphatic heterocycles. The predicted octanol–water partition coefficient (Wildman–Crippen LogP) is 9.06. The Morgan fingerprint density at radius 1 is 1.00 bits per heavy atom. The number of nitro benzene ring substituents is 1. The quantitative estimate of drug-likeness (QED) is 0.104. The zero-order valence-electron chi connectivity index (χ0n) is 21.8. The molecule has 212 valence electrons. The van der Waals surface area contributed by atoms with Crippen LogP contribution in [0.4, 0.5) is 17.1 Å². The maximum atomic E-state index is 13.7. The van der Waals surface area contributed by atoms with E-state index in [-0.39, 0.29) is 18.2 Å². The first-order valence-corrected chi connectivity index (χ1v) is 14.7. The number of methoxy groups -OCH3 is 1. The molecule has 0 aliphatic carbocycles. The summed E-state index contributed by atoms with van der Waals surface area (Å²) < 4.78 is 12.2. The summed E-state index contributed by atoms with van der Waals surface area (Å²) in [5, 5.41) is 12.5. The minimum atomic E-state index is -0.452. The van der Waals surface area contributed by atoms with Gasteiger partial charge in [-0.15, -0.1) is 0 Å². The van der Waals surface area contributed by atoms with E-state index in [1.54, 1.807) is 72.8 Å². The molecule has 4 aromatic carbocycles. The zero-order chi connectivity index (χ0) is 29.8. The molecule has 0 spiro atoms. The molecule has 5 rings (SSSR count). The van der Waals surface area contributed by atoms with Gasteiger partial charge in [0.1, 0.15) is 6.61 Å². The van der Waals surface area contributed by atoms with Crippen LogP contribution in [0, 0.1) is 10.1 Å². The van der Waals surface area contributed by atoms with E-state index in [0.29, 0.717) is 53.0 Å². The van der Waals surface area contributed by atoms with Gasteiger partial charge in [-0.25, -0.2) is 4.99 Å². The van der Waals surface area contributed by atoms with E-state index in [4.69, 9.17) is 37.7 Å². The molecule has 1 aliphatic rings. The fourth-order valence-electron chi connectivity index (χ4n) is 3.98. The Labute approximate surface area is 263 Å². The number of carbonyl (C=O) groups excluding carboxylic acids is 1.